The van der Waals surface area contributed by atoms with E-state index in [4.69, 9.17) is 4.74 Å². The van der Waals surface area contributed by atoms with Crippen LogP contribution in [-0.4, -0.2) is 31.1 Å². The Labute approximate surface area is 175 Å². The van der Waals surface area contributed by atoms with Crippen LogP contribution < -0.4 is 5.69 Å². The zero-order valence-corrected chi connectivity index (χ0v) is 19.2. The van der Waals surface area contributed by atoms with E-state index in [-0.39, 0.29) is 11.7 Å². The quantitative estimate of drug-likeness (QED) is 0.533. The fourth-order valence-corrected chi connectivity index (χ4v) is 2.81. The van der Waals surface area contributed by atoms with Crippen molar-refractivity contribution in [3.8, 4) is 5.75 Å². The fourth-order valence-electron chi connectivity index (χ4n) is 2.69. The van der Waals surface area contributed by atoms with Crippen molar-refractivity contribution in [3.63, 3.8) is 0 Å². The molecule has 28 heavy (non-hydrogen) atoms. The van der Waals surface area contributed by atoms with Crippen molar-refractivity contribution in [2.75, 3.05) is 6.61 Å². The smallest absolute Gasteiger partial charge is 0.328 e. The maximum atomic E-state index is 11.8. The number of hydrogen-bond donors (Lipinski definition) is 1. The van der Waals surface area contributed by atoms with Crippen LogP contribution in [0.5, 0.6) is 5.75 Å². The number of carbonyl (C=O) groups excluding carboxylic acids is 1. The number of esters is 1. The Morgan fingerprint density at radius 2 is 1.71 bits per heavy atom. The molecule has 0 saturated heterocycles. The molecule has 0 fully saturated rings. The fraction of sp³-hybridized carbons (Fsp3) is 0.524. The number of benzene rings is 1. The highest BCUT2D eigenvalue weighted by molar-refractivity contribution is 9.10. The summed E-state index contributed by atoms with van der Waals surface area (Å²) < 4.78 is 7.60. The Hall–Kier alpha value is -2.02. The zero-order chi connectivity index (χ0) is 21.5. The lowest BCUT2D eigenvalue weighted by Crippen LogP contribution is -2.26. The molecule has 1 aromatic heterocycles. The van der Waals surface area contributed by atoms with E-state index in [1.165, 1.54) is 5.56 Å². The lowest BCUT2D eigenvalue weighted by Gasteiger charge is -2.12. The molecule has 0 radical (unpaired) electrons. The average Bonchev–Trinajstić information content (AvgIpc) is 2.81. The van der Waals surface area contributed by atoms with Crippen LogP contribution in [0.25, 0.3) is 0 Å². The Morgan fingerprint density at radius 1 is 1.14 bits per heavy atom. The molecule has 0 aliphatic carbocycles. The van der Waals surface area contributed by atoms with Gasteiger partial charge in [-0.3, -0.25) is 13.9 Å². The second kappa shape index (κ2) is 10.5. The van der Waals surface area contributed by atoms with E-state index in [9.17, 15) is 14.7 Å². The number of phenolic OH excluding ortho intramolecular Hbond substituents is 1. The molecule has 0 unspecified atom stereocenters. The first-order valence-corrected chi connectivity index (χ1v) is 10.1. The molecular weight excluding hydrogens is 424 g/mol. The number of aryl methyl sites for hydroxylation is 1. The SMILES string of the molecule is CCOC(=O)C(C)(C)Br.Cc1c(CCCc2ccc(O)cc2)n(C)c(=O)n1C. The number of alkyl halides is 1. The van der Waals surface area contributed by atoms with Crippen molar-refractivity contribution < 1.29 is 14.6 Å². The first-order valence-electron chi connectivity index (χ1n) is 9.34. The van der Waals surface area contributed by atoms with Crippen LogP contribution in [0.4, 0.5) is 0 Å². The molecule has 1 heterocycles. The van der Waals surface area contributed by atoms with E-state index in [0.717, 1.165) is 30.7 Å². The summed E-state index contributed by atoms with van der Waals surface area (Å²) in [6, 6.07) is 7.29. The van der Waals surface area contributed by atoms with Gasteiger partial charge in [-0.05, 0) is 64.7 Å². The number of ether oxygens (including phenoxy) is 1. The Morgan fingerprint density at radius 3 is 2.11 bits per heavy atom. The predicted octanol–water partition coefficient (Wildman–Crippen LogP) is 3.64. The van der Waals surface area contributed by atoms with Crippen molar-refractivity contribution in [1.82, 2.24) is 9.13 Å². The van der Waals surface area contributed by atoms with Gasteiger partial charge in [-0.25, -0.2) is 4.79 Å². The van der Waals surface area contributed by atoms with Gasteiger partial charge in [0.25, 0.3) is 0 Å². The summed E-state index contributed by atoms with van der Waals surface area (Å²) in [6.45, 7) is 7.72. The van der Waals surface area contributed by atoms with Crippen LogP contribution in [0.3, 0.4) is 0 Å². The molecule has 0 amide bonds. The number of halogens is 1. The van der Waals surface area contributed by atoms with Gasteiger partial charge in [0, 0.05) is 25.5 Å². The lowest BCUT2D eigenvalue weighted by molar-refractivity contribution is -0.144. The molecule has 0 aliphatic heterocycles. The van der Waals surface area contributed by atoms with E-state index in [2.05, 4.69) is 15.9 Å². The van der Waals surface area contributed by atoms with Gasteiger partial charge in [0.1, 0.15) is 10.1 Å². The van der Waals surface area contributed by atoms with Gasteiger partial charge in [0.2, 0.25) is 0 Å². The van der Waals surface area contributed by atoms with Gasteiger partial charge >= 0.3 is 11.7 Å². The highest BCUT2D eigenvalue weighted by atomic mass is 79.9. The normalized spacial score (nSPS) is 11.0. The molecule has 0 saturated carbocycles. The van der Waals surface area contributed by atoms with Crippen LogP contribution in [0.2, 0.25) is 0 Å². The van der Waals surface area contributed by atoms with Gasteiger partial charge in [-0.2, -0.15) is 0 Å². The molecule has 2 aromatic rings. The van der Waals surface area contributed by atoms with E-state index < -0.39 is 4.32 Å². The highest BCUT2D eigenvalue weighted by Gasteiger charge is 2.24. The Kier molecular flexibility index (Phi) is 9.01. The van der Waals surface area contributed by atoms with E-state index in [1.807, 2.05) is 26.1 Å². The van der Waals surface area contributed by atoms with Crippen LogP contribution in [0.15, 0.2) is 29.1 Å². The van der Waals surface area contributed by atoms with Crippen molar-refractivity contribution in [2.24, 2.45) is 14.1 Å². The molecule has 1 N–H and O–H groups in total. The monoisotopic (exact) mass is 454 g/mol. The minimum absolute atomic E-state index is 0.0390. The number of rotatable bonds is 6. The molecule has 0 spiro atoms. The van der Waals surface area contributed by atoms with Gasteiger partial charge in [0.05, 0.1) is 6.61 Å². The first kappa shape index (κ1) is 24.0. The third kappa shape index (κ3) is 6.86. The van der Waals surface area contributed by atoms with Crippen LogP contribution in [0.1, 0.15) is 44.1 Å². The van der Waals surface area contributed by atoms with E-state index in [0.29, 0.717) is 12.4 Å². The molecular formula is C21H31BrN2O4. The summed E-state index contributed by atoms with van der Waals surface area (Å²) >= 11 is 3.17. The highest BCUT2D eigenvalue weighted by Crippen LogP contribution is 2.17. The molecule has 2 rings (SSSR count). The molecule has 0 atom stereocenters. The van der Waals surface area contributed by atoms with Crippen molar-refractivity contribution >= 4 is 21.9 Å². The second-order valence-corrected chi connectivity index (χ2v) is 9.13. The number of imidazole rings is 1. The standard InChI is InChI=1S/C15H20N2O2.C6H11BrO2/c1-11-14(17(3)15(19)16(11)2)6-4-5-12-7-9-13(18)10-8-12;1-4-9-5(8)6(2,3)7/h7-10,18H,4-6H2,1-3H3;4H2,1-3H3. The third-order valence-corrected chi connectivity index (χ3v) is 4.80. The minimum atomic E-state index is -0.539. The van der Waals surface area contributed by atoms with Crippen LogP contribution >= 0.6 is 15.9 Å². The number of aromatic nitrogens is 2. The summed E-state index contributed by atoms with van der Waals surface area (Å²) in [5, 5.41) is 9.23. The van der Waals surface area contributed by atoms with Crippen LogP contribution in [0, 0.1) is 6.92 Å². The molecule has 0 aliphatic rings. The topological polar surface area (TPSA) is 73.5 Å². The molecule has 6 nitrogen and oxygen atoms in total. The van der Waals surface area contributed by atoms with Crippen LogP contribution in [-0.2, 0) is 36.5 Å². The average molecular weight is 455 g/mol. The van der Waals surface area contributed by atoms with Gasteiger partial charge in [0.15, 0.2) is 0 Å². The number of aromatic hydroxyl groups is 1. The number of carbonyl (C=O) groups is 1. The molecule has 0 bridgehead atoms. The predicted molar refractivity (Wildman–Crippen MR) is 115 cm³/mol. The summed E-state index contributed by atoms with van der Waals surface area (Å²) in [5.74, 6) is 0.0788. The summed E-state index contributed by atoms with van der Waals surface area (Å²) in [5.41, 5.74) is 3.39. The summed E-state index contributed by atoms with van der Waals surface area (Å²) in [6.07, 6.45) is 2.82. The molecule has 7 heteroatoms. The first-order chi connectivity index (χ1) is 13.0. The summed E-state index contributed by atoms with van der Waals surface area (Å²) in [7, 11) is 3.63. The largest absolute Gasteiger partial charge is 0.508 e. The molecule has 156 valence electrons. The number of phenols is 1. The number of hydrogen-bond acceptors (Lipinski definition) is 4. The summed E-state index contributed by atoms with van der Waals surface area (Å²) in [4.78, 5) is 22.6. The number of nitrogens with zero attached hydrogens (tertiary/aromatic N) is 2. The van der Waals surface area contributed by atoms with Crippen molar-refractivity contribution in [3.05, 3.63) is 51.7 Å². The molecule has 1 aromatic carbocycles. The van der Waals surface area contributed by atoms with Gasteiger partial charge in [-0.1, -0.05) is 28.1 Å². The lowest BCUT2D eigenvalue weighted by atomic mass is 10.1. The van der Waals surface area contributed by atoms with Gasteiger partial charge in [-0.15, -0.1) is 0 Å². The Bertz CT molecular complexity index is 830. The van der Waals surface area contributed by atoms with Crippen molar-refractivity contribution in [1.29, 1.82) is 0 Å². The van der Waals surface area contributed by atoms with E-state index in [1.54, 1.807) is 49.1 Å². The third-order valence-electron chi connectivity index (χ3n) is 4.48. The van der Waals surface area contributed by atoms with Gasteiger partial charge < -0.3 is 9.84 Å². The zero-order valence-electron chi connectivity index (χ0n) is 17.6. The minimum Gasteiger partial charge on any atom is -0.508 e. The Balaban J connectivity index is 0.000000370. The maximum Gasteiger partial charge on any atom is 0.328 e. The van der Waals surface area contributed by atoms with Crippen molar-refractivity contribution in [2.45, 2.75) is 51.3 Å². The second-order valence-electron chi connectivity index (χ2n) is 7.15. The van der Waals surface area contributed by atoms with E-state index >= 15 is 0 Å². The maximum absolute atomic E-state index is 11.8.